The molecule has 0 radical (unpaired) electrons. The molecule has 32 heavy (non-hydrogen) atoms. The van der Waals surface area contributed by atoms with E-state index in [0.29, 0.717) is 16.8 Å². The summed E-state index contributed by atoms with van der Waals surface area (Å²) in [5.41, 5.74) is 1.83. The van der Waals surface area contributed by atoms with Crippen molar-refractivity contribution in [1.82, 2.24) is 4.98 Å². The Labute approximate surface area is 198 Å². The molecule has 3 heteroatoms. The first-order valence-electron chi connectivity index (χ1n) is 13.1. The average Bonchev–Trinajstić information content (AvgIpc) is 3.40. The van der Waals surface area contributed by atoms with Gasteiger partial charge in [0.1, 0.15) is 11.2 Å². The van der Waals surface area contributed by atoms with Crippen molar-refractivity contribution in [2.24, 2.45) is 5.41 Å². The second-order valence-corrected chi connectivity index (χ2v) is 10.2. The molecule has 6 rings (SSSR count). The van der Waals surface area contributed by atoms with Crippen LogP contribution in [-0.2, 0) is 6.37 Å². The molecule has 158 valence electrons. The maximum atomic E-state index is 8.86. The zero-order valence-electron chi connectivity index (χ0n) is 23.1. The molecule has 0 saturated heterocycles. The van der Waals surface area contributed by atoms with Gasteiger partial charge in [0, 0.05) is 49.6 Å². The topological polar surface area (TPSA) is 26.0 Å². The Balaban J connectivity index is 1.64. The van der Waals surface area contributed by atoms with Crippen LogP contribution in [0.1, 0.15) is 38.8 Å². The summed E-state index contributed by atoms with van der Waals surface area (Å²) in [6, 6.07) is 19.9. The molecule has 0 aliphatic carbocycles. The summed E-state index contributed by atoms with van der Waals surface area (Å²) in [4.78, 5) is 4.50. The Hall–Kier alpha value is -3.17. The van der Waals surface area contributed by atoms with Crippen LogP contribution in [0.2, 0.25) is 0 Å². The Morgan fingerprint density at radius 1 is 1.00 bits per heavy atom. The van der Waals surface area contributed by atoms with Crippen LogP contribution < -0.4 is 0 Å². The maximum absolute atomic E-state index is 8.86. The Morgan fingerprint density at radius 2 is 1.84 bits per heavy atom. The summed E-state index contributed by atoms with van der Waals surface area (Å²) in [6.45, 7) is 2.82. The first kappa shape index (κ1) is 14.8. The highest BCUT2D eigenvalue weighted by atomic mass is 32.1. The summed E-state index contributed by atoms with van der Waals surface area (Å²) in [5.74, 6) is 0. The number of hydrogen-bond acceptors (Lipinski definition) is 3. The Bertz CT molecular complexity index is 1840. The van der Waals surface area contributed by atoms with Crippen molar-refractivity contribution in [3.8, 4) is 11.3 Å². The van der Waals surface area contributed by atoms with E-state index in [1.165, 1.54) is 21.7 Å². The molecule has 0 aliphatic heterocycles. The van der Waals surface area contributed by atoms with E-state index >= 15 is 0 Å². The minimum absolute atomic E-state index is 0.0695. The molecular weight excluding hydrogens is 410 g/mol. The molecule has 0 atom stereocenters. The number of pyridine rings is 1. The molecular formula is C29H25NOS. The lowest BCUT2D eigenvalue weighted by Gasteiger charge is -2.20. The van der Waals surface area contributed by atoms with Crippen LogP contribution in [0.15, 0.2) is 71.3 Å². The van der Waals surface area contributed by atoms with Crippen molar-refractivity contribution in [3.05, 3.63) is 78.0 Å². The predicted molar refractivity (Wildman–Crippen MR) is 138 cm³/mol. The van der Waals surface area contributed by atoms with Crippen molar-refractivity contribution in [2.75, 3.05) is 0 Å². The zero-order chi connectivity index (χ0) is 26.3. The fraction of sp³-hybridized carbons (Fsp3) is 0.207. The molecule has 3 aromatic heterocycles. The van der Waals surface area contributed by atoms with Gasteiger partial charge in [0.15, 0.2) is 0 Å². The lowest BCUT2D eigenvalue weighted by Crippen LogP contribution is -2.10. The van der Waals surface area contributed by atoms with E-state index in [9.17, 15) is 0 Å². The Morgan fingerprint density at radius 3 is 2.69 bits per heavy atom. The van der Waals surface area contributed by atoms with Crippen molar-refractivity contribution >= 4 is 53.4 Å². The van der Waals surface area contributed by atoms with Crippen molar-refractivity contribution in [3.63, 3.8) is 0 Å². The number of para-hydroxylation sites is 1. The van der Waals surface area contributed by atoms with Gasteiger partial charge in [0.25, 0.3) is 0 Å². The molecule has 0 N–H and O–H groups in total. The second-order valence-electron chi connectivity index (χ2n) is 9.19. The normalized spacial score (nSPS) is 15.7. The van der Waals surface area contributed by atoms with Crippen LogP contribution in [0.4, 0.5) is 0 Å². The van der Waals surface area contributed by atoms with Crippen LogP contribution in [0.5, 0.6) is 0 Å². The highest BCUT2D eigenvalue weighted by molar-refractivity contribution is 7.26. The lowest BCUT2D eigenvalue weighted by atomic mass is 9.86. The molecule has 3 aromatic carbocycles. The third-order valence-corrected chi connectivity index (χ3v) is 6.90. The van der Waals surface area contributed by atoms with E-state index in [2.05, 4.69) is 23.2 Å². The van der Waals surface area contributed by atoms with E-state index in [0.717, 1.165) is 21.1 Å². The molecule has 6 aromatic rings. The van der Waals surface area contributed by atoms with Gasteiger partial charge < -0.3 is 4.42 Å². The first-order valence-corrected chi connectivity index (χ1v) is 11.5. The van der Waals surface area contributed by atoms with E-state index in [1.54, 1.807) is 38.2 Å². The highest BCUT2D eigenvalue weighted by Gasteiger charge is 2.19. The van der Waals surface area contributed by atoms with Gasteiger partial charge in [0.05, 0.1) is 5.69 Å². The van der Waals surface area contributed by atoms with Gasteiger partial charge in [-0.15, -0.1) is 11.3 Å². The van der Waals surface area contributed by atoms with Crippen LogP contribution >= 0.6 is 11.3 Å². The van der Waals surface area contributed by atoms with Crippen LogP contribution in [-0.4, -0.2) is 4.98 Å². The summed E-state index contributed by atoms with van der Waals surface area (Å²) < 4.78 is 50.5. The summed E-state index contributed by atoms with van der Waals surface area (Å²) in [6.07, 6.45) is -0.605. The van der Waals surface area contributed by atoms with E-state index in [1.807, 2.05) is 36.4 Å². The maximum Gasteiger partial charge on any atom is 0.144 e. The smallest absolute Gasteiger partial charge is 0.144 e. The molecule has 0 amide bonds. The minimum atomic E-state index is -2.49. The molecule has 3 heterocycles. The van der Waals surface area contributed by atoms with Crippen molar-refractivity contribution < 1.29 is 11.3 Å². The van der Waals surface area contributed by atoms with Crippen LogP contribution in [0, 0.1) is 12.3 Å². The highest BCUT2D eigenvalue weighted by Crippen LogP contribution is 2.44. The van der Waals surface area contributed by atoms with Crippen molar-refractivity contribution in [1.29, 1.82) is 0 Å². The molecule has 2 nitrogen and oxygen atoms in total. The largest absolute Gasteiger partial charge is 0.455 e. The number of rotatable bonds is 2. The number of aryl methyl sites for hydroxylation is 1. The quantitative estimate of drug-likeness (QED) is 0.269. The number of aromatic nitrogens is 1. The number of benzene rings is 3. The molecule has 0 unspecified atom stereocenters. The van der Waals surface area contributed by atoms with Crippen LogP contribution in [0.3, 0.4) is 0 Å². The van der Waals surface area contributed by atoms with Gasteiger partial charge in [-0.3, -0.25) is 4.98 Å². The molecule has 0 aliphatic rings. The van der Waals surface area contributed by atoms with Gasteiger partial charge in [-0.1, -0.05) is 51.1 Å². The average molecular weight is 441 g/mol. The standard InChI is InChI=1S/C29H25NOS/c1-17-16-30-23(14-18(17)15-29(2,3)4)21-9-7-10-22-26-24(31-27(21)22)13-12-20-19-8-5-6-11-25(19)32-28(20)26/h5-14,16H,15H2,1-4H3/i1D3,15D2. The van der Waals surface area contributed by atoms with Gasteiger partial charge >= 0.3 is 0 Å². The molecule has 0 spiro atoms. The van der Waals surface area contributed by atoms with Gasteiger partial charge in [-0.25, -0.2) is 0 Å². The fourth-order valence-electron chi connectivity index (χ4n) is 4.38. The number of fused-ring (bicyclic) bond motifs is 7. The van der Waals surface area contributed by atoms with Gasteiger partial charge in [-0.2, -0.15) is 0 Å². The number of hydrogen-bond donors (Lipinski definition) is 0. The number of nitrogens with zero attached hydrogens (tertiary/aromatic N) is 1. The molecule has 0 bridgehead atoms. The second kappa shape index (κ2) is 6.91. The third kappa shape index (κ3) is 3.03. The van der Waals surface area contributed by atoms with Gasteiger partial charge in [0.2, 0.25) is 0 Å². The zero-order valence-corrected chi connectivity index (χ0v) is 18.9. The molecule has 0 saturated carbocycles. The van der Waals surface area contributed by atoms with Gasteiger partial charge in [-0.05, 0) is 60.1 Å². The monoisotopic (exact) mass is 440 g/mol. The van der Waals surface area contributed by atoms with Crippen molar-refractivity contribution in [2.45, 2.75) is 34.0 Å². The number of furan rings is 1. The minimum Gasteiger partial charge on any atom is -0.455 e. The van der Waals surface area contributed by atoms with Crippen LogP contribution in [0.25, 0.3) is 53.4 Å². The number of thiophene rings is 1. The molecule has 0 fully saturated rings. The summed E-state index contributed by atoms with van der Waals surface area (Å²) in [5, 5.41) is 4.39. The lowest BCUT2D eigenvalue weighted by molar-refractivity contribution is 0.410. The fourth-order valence-corrected chi connectivity index (χ4v) is 5.63. The Kier molecular flexibility index (Phi) is 3.20. The van der Waals surface area contributed by atoms with E-state index < -0.39 is 18.6 Å². The first-order chi connectivity index (χ1) is 17.4. The third-order valence-electron chi connectivity index (χ3n) is 5.69. The summed E-state index contributed by atoms with van der Waals surface area (Å²) >= 11 is 1.74. The van der Waals surface area contributed by atoms with E-state index in [-0.39, 0.29) is 11.1 Å². The predicted octanol–water partition coefficient (Wildman–Crippen LogP) is 8.91. The van der Waals surface area contributed by atoms with E-state index in [4.69, 9.17) is 11.3 Å². The SMILES string of the molecule is [2H]C([2H])([2H])c1cnc(-c2cccc3c2oc2ccc4c5ccccc5sc4c23)cc1C([2H])([2H])C(C)(C)C. The summed E-state index contributed by atoms with van der Waals surface area (Å²) in [7, 11) is 0.